The van der Waals surface area contributed by atoms with Crippen molar-refractivity contribution in [3.8, 4) is 22.8 Å². The third kappa shape index (κ3) is 2.35. The Morgan fingerprint density at radius 2 is 2.11 bits per heavy atom. The molecule has 0 radical (unpaired) electrons. The predicted octanol–water partition coefficient (Wildman–Crippen LogP) is 0.801. The Hall–Kier alpha value is -2.57. The zero-order valence-corrected chi connectivity index (χ0v) is 9.94. The molecule has 0 spiro atoms. The number of hydrogen-bond donors (Lipinski definition) is 1. The van der Waals surface area contributed by atoms with Crippen molar-refractivity contribution >= 4 is 5.97 Å². The Balaban J connectivity index is 1.89. The summed E-state index contributed by atoms with van der Waals surface area (Å²) >= 11 is 0. The summed E-state index contributed by atoms with van der Waals surface area (Å²) in [6, 6.07) is 5.45. The van der Waals surface area contributed by atoms with E-state index in [4.69, 9.17) is 14.6 Å². The first-order valence-corrected chi connectivity index (χ1v) is 5.74. The SMILES string of the molecule is O=C(O)Cn1cc(-c2ccc3c(c2)OCCO3)nn1. The first-order chi connectivity index (χ1) is 9.22. The van der Waals surface area contributed by atoms with Gasteiger partial charge in [-0.2, -0.15) is 0 Å². The molecule has 0 aliphatic carbocycles. The van der Waals surface area contributed by atoms with E-state index < -0.39 is 5.97 Å². The summed E-state index contributed by atoms with van der Waals surface area (Å²) in [5, 5.41) is 16.4. The smallest absolute Gasteiger partial charge is 0.325 e. The number of nitrogens with zero attached hydrogens (tertiary/aromatic N) is 3. The molecule has 0 amide bonds. The Bertz CT molecular complexity index is 623. The molecular weight excluding hydrogens is 250 g/mol. The monoisotopic (exact) mass is 261 g/mol. The second-order valence-electron chi connectivity index (χ2n) is 4.05. The van der Waals surface area contributed by atoms with Crippen molar-refractivity contribution in [2.45, 2.75) is 6.54 Å². The van der Waals surface area contributed by atoms with E-state index in [0.29, 0.717) is 30.4 Å². The summed E-state index contributed by atoms with van der Waals surface area (Å²) in [7, 11) is 0. The van der Waals surface area contributed by atoms with E-state index in [9.17, 15) is 4.79 Å². The number of benzene rings is 1. The molecule has 0 fully saturated rings. The van der Waals surface area contributed by atoms with E-state index in [-0.39, 0.29) is 6.54 Å². The molecular formula is C12H11N3O4. The van der Waals surface area contributed by atoms with Crippen LogP contribution in [0.1, 0.15) is 0 Å². The average Bonchev–Trinajstić information content (AvgIpc) is 2.86. The van der Waals surface area contributed by atoms with Crippen molar-refractivity contribution in [3.63, 3.8) is 0 Å². The number of hydrogen-bond acceptors (Lipinski definition) is 5. The number of rotatable bonds is 3. The summed E-state index contributed by atoms with van der Waals surface area (Å²) < 4.78 is 12.2. The maximum absolute atomic E-state index is 10.6. The summed E-state index contributed by atoms with van der Waals surface area (Å²) in [6.45, 7) is 0.848. The maximum atomic E-state index is 10.6. The number of fused-ring (bicyclic) bond motifs is 1. The lowest BCUT2D eigenvalue weighted by molar-refractivity contribution is -0.137. The molecule has 1 aliphatic heterocycles. The highest BCUT2D eigenvalue weighted by Gasteiger charge is 2.14. The van der Waals surface area contributed by atoms with Gasteiger partial charge in [0.1, 0.15) is 25.5 Å². The lowest BCUT2D eigenvalue weighted by Gasteiger charge is -2.18. The number of aliphatic carboxylic acids is 1. The molecule has 0 saturated heterocycles. The van der Waals surface area contributed by atoms with Crippen LogP contribution in [0.15, 0.2) is 24.4 Å². The highest BCUT2D eigenvalue weighted by Crippen LogP contribution is 2.33. The summed E-state index contributed by atoms with van der Waals surface area (Å²) in [4.78, 5) is 10.6. The molecule has 98 valence electrons. The minimum atomic E-state index is -0.960. The van der Waals surface area contributed by atoms with Crippen LogP contribution in [0.3, 0.4) is 0 Å². The number of carboxylic acid groups (broad SMARTS) is 1. The van der Waals surface area contributed by atoms with Crippen LogP contribution < -0.4 is 9.47 Å². The third-order valence-corrected chi connectivity index (χ3v) is 2.67. The van der Waals surface area contributed by atoms with Crippen LogP contribution in [0, 0.1) is 0 Å². The fourth-order valence-electron chi connectivity index (χ4n) is 1.85. The summed E-state index contributed by atoms with van der Waals surface area (Å²) in [6.07, 6.45) is 1.58. The van der Waals surface area contributed by atoms with Gasteiger partial charge in [-0.1, -0.05) is 5.21 Å². The minimum Gasteiger partial charge on any atom is -0.486 e. The molecule has 1 aromatic carbocycles. The standard InChI is InChI=1S/C12H11N3O4/c16-12(17)7-15-6-9(13-14-15)8-1-2-10-11(5-8)19-4-3-18-10/h1-2,5-6H,3-4,7H2,(H,16,17). The summed E-state index contributed by atoms with van der Waals surface area (Å²) in [5.74, 6) is 0.406. The molecule has 1 aromatic heterocycles. The van der Waals surface area contributed by atoms with Crippen LogP contribution in [-0.2, 0) is 11.3 Å². The van der Waals surface area contributed by atoms with E-state index in [0.717, 1.165) is 5.56 Å². The van der Waals surface area contributed by atoms with Gasteiger partial charge in [-0.3, -0.25) is 4.79 Å². The van der Waals surface area contributed by atoms with Gasteiger partial charge in [-0.15, -0.1) is 5.10 Å². The van der Waals surface area contributed by atoms with Gasteiger partial charge in [-0.25, -0.2) is 4.68 Å². The van der Waals surface area contributed by atoms with Gasteiger partial charge in [0, 0.05) is 5.56 Å². The van der Waals surface area contributed by atoms with Gasteiger partial charge < -0.3 is 14.6 Å². The van der Waals surface area contributed by atoms with Gasteiger partial charge in [0.25, 0.3) is 0 Å². The highest BCUT2D eigenvalue weighted by atomic mass is 16.6. The average molecular weight is 261 g/mol. The summed E-state index contributed by atoms with van der Waals surface area (Å²) in [5.41, 5.74) is 1.40. The number of carboxylic acids is 1. The maximum Gasteiger partial charge on any atom is 0.325 e. The van der Waals surface area contributed by atoms with Crippen molar-refractivity contribution in [1.82, 2.24) is 15.0 Å². The van der Waals surface area contributed by atoms with Crippen LogP contribution in [0.25, 0.3) is 11.3 Å². The first-order valence-electron chi connectivity index (χ1n) is 5.74. The Morgan fingerprint density at radius 3 is 2.89 bits per heavy atom. The van der Waals surface area contributed by atoms with Gasteiger partial charge in [0.05, 0.1) is 6.20 Å². The van der Waals surface area contributed by atoms with Crippen LogP contribution in [-0.4, -0.2) is 39.3 Å². The second kappa shape index (κ2) is 4.60. The lowest BCUT2D eigenvalue weighted by Crippen LogP contribution is -2.15. The molecule has 19 heavy (non-hydrogen) atoms. The zero-order chi connectivity index (χ0) is 13.2. The highest BCUT2D eigenvalue weighted by molar-refractivity contribution is 5.67. The van der Waals surface area contributed by atoms with E-state index >= 15 is 0 Å². The fraction of sp³-hybridized carbons (Fsp3) is 0.250. The van der Waals surface area contributed by atoms with Crippen molar-refractivity contribution in [1.29, 1.82) is 0 Å². The number of aromatic nitrogens is 3. The molecule has 0 atom stereocenters. The van der Waals surface area contributed by atoms with Gasteiger partial charge in [0.15, 0.2) is 11.5 Å². The van der Waals surface area contributed by atoms with Gasteiger partial charge in [0.2, 0.25) is 0 Å². The predicted molar refractivity (Wildman–Crippen MR) is 64.1 cm³/mol. The van der Waals surface area contributed by atoms with Crippen molar-refractivity contribution in [2.24, 2.45) is 0 Å². The van der Waals surface area contributed by atoms with Crippen molar-refractivity contribution < 1.29 is 19.4 Å². The molecule has 1 N–H and O–H groups in total. The van der Waals surface area contributed by atoms with Crippen LogP contribution in [0.2, 0.25) is 0 Å². The molecule has 2 heterocycles. The Kier molecular flexibility index (Phi) is 2.79. The molecule has 0 saturated carbocycles. The number of carbonyl (C=O) groups is 1. The van der Waals surface area contributed by atoms with E-state index in [1.165, 1.54) is 4.68 Å². The molecule has 0 bridgehead atoms. The quantitative estimate of drug-likeness (QED) is 0.879. The second-order valence-corrected chi connectivity index (χ2v) is 4.05. The van der Waals surface area contributed by atoms with Gasteiger partial charge in [-0.05, 0) is 18.2 Å². The fourth-order valence-corrected chi connectivity index (χ4v) is 1.85. The third-order valence-electron chi connectivity index (χ3n) is 2.67. The zero-order valence-electron chi connectivity index (χ0n) is 9.94. The van der Waals surface area contributed by atoms with Crippen LogP contribution in [0.5, 0.6) is 11.5 Å². The lowest BCUT2D eigenvalue weighted by atomic mass is 10.1. The Labute approximate surface area is 108 Å². The molecule has 0 unspecified atom stereocenters. The van der Waals surface area contributed by atoms with Crippen molar-refractivity contribution in [3.05, 3.63) is 24.4 Å². The van der Waals surface area contributed by atoms with Crippen LogP contribution in [0.4, 0.5) is 0 Å². The first kappa shape index (κ1) is 11.5. The van der Waals surface area contributed by atoms with E-state index in [2.05, 4.69) is 10.3 Å². The molecule has 2 aromatic rings. The normalized spacial score (nSPS) is 13.3. The van der Waals surface area contributed by atoms with E-state index in [1.807, 2.05) is 12.1 Å². The van der Waals surface area contributed by atoms with Crippen molar-refractivity contribution in [2.75, 3.05) is 13.2 Å². The Morgan fingerprint density at radius 1 is 1.32 bits per heavy atom. The minimum absolute atomic E-state index is 0.211. The molecule has 7 heteroatoms. The molecule has 1 aliphatic rings. The van der Waals surface area contributed by atoms with Gasteiger partial charge >= 0.3 is 5.97 Å². The topological polar surface area (TPSA) is 86.5 Å². The number of ether oxygens (including phenoxy) is 2. The van der Waals surface area contributed by atoms with Crippen LogP contribution >= 0.6 is 0 Å². The van der Waals surface area contributed by atoms with E-state index in [1.54, 1.807) is 12.3 Å². The largest absolute Gasteiger partial charge is 0.486 e. The molecule has 3 rings (SSSR count). The molecule has 7 nitrogen and oxygen atoms in total.